The zero-order chi connectivity index (χ0) is 14.4. The van der Waals surface area contributed by atoms with Gasteiger partial charge in [0.15, 0.2) is 5.82 Å². The minimum absolute atomic E-state index is 0.0527. The van der Waals surface area contributed by atoms with E-state index in [2.05, 4.69) is 20.3 Å². The van der Waals surface area contributed by atoms with Gasteiger partial charge in [-0.1, -0.05) is 5.16 Å². The van der Waals surface area contributed by atoms with Crippen LogP contribution in [0.5, 0.6) is 0 Å². The fraction of sp³-hybridized carbons (Fsp3) is 0.571. The standard InChI is InChI=1S/C14H17N5O2/c1-8-15-13(18-21-8)12-3-2-6-19(12)14(20)11-7-10(16-17-11)9-4-5-9/h7,9,12H,2-6H2,1H3,(H,16,17). The molecule has 2 fully saturated rings. The van der Waals surface area contributed by atoms with Gasteiger partial charge in [-0.2, -0.15) is 10.1 Å². The van der Waals surface area contributed by atoms with Crippen LogP contribution in [0.4, 0.5) is 0 Å². The van der Waals surface area contributed by atoms with Gasteiger partial charge in [0, 0.05) is 25.1 Å². The van der Waals surface area contributed by atoms with Gasteiger partial charge in [-0.05, 0) is 31.7 Å². The number of rotatable bonds is 3. The summed E-state index contributed by atoms with van der Waals surface area (Å²) in [7, 11) is 0. The molecule has 7 heteroatoms. The summed E-state index contributed by atoms with van der Waals surface area (Å²) in [5, 5.41) is 11.1. The Morgan fingerprint density at radius 2 is 2.29 bits per heavy atom. The van der Waals surface area contributed by atoms with Crippen molar-refractivity contribution in [1.82, 2.24) is 25.2 Å². The van der Waals surface area contributed by atoms with Crippen LogP contribution in [0, 0.1) is 6.92 Å². The average molecular weight is 287 g/mol. The Labute approximate surface area is 121 Å². The molecule has 2 aliphatic rings. The monoisotopic (exact) mass is 287 g/mol. The van der Waals surface area contributed by atoms with Crippen LogP contribution in [0.3, 0.4) is 0 Å². The Morgan fingerprint density at radius 3 is 3.00 bits per heavy atom. The van der Waals surface area contributed by atoms with Gasteiger partial charge in [0.1, 0.15) is 5.69 Å². The van der Waals surface area contributed by atoms with E-state index >= 15 is 0 Å². The lowest BCUT2D eigenvalue weighted by atomic mass is 10.2. The minimum atomic E-state index is -0.101. The first-order valence-electron chi connectivity index (χ1n) is 7.39. The maximum Gasteiger partial charge on any atom is 0.274 e. The molecule has 1 atom stereocenters. The largest absolute Gasteiger partial charge is 0.340 e. The topological polar surface area (TPSA) is 87.9 Å². The summed E-state index contributed by atoms with van der Waals surface area (Å²) < 4.78 is 5.03. The summed E-state index contributed by atoms with van der Waals surface area (Å²) >= 11 is 0. The first-order valence-corrected chi connectivity index (χ1v) is 7.39. The highest BCUT2D eigenvalue weighted by Gasteiger charge is 2.35. The summed E-state index contributed by atoms with van der Waals surface area (Å²) in [6.07, 6.45) is 4.18. The number of hydrogen-bond acceptors (Lipinski definition) is 5. The number of nitrogens with zero attached hydrogens (tertiary/aromatic N) is 4. The van der Waals surface area contributed by atoms with Crippen molar-refractivity contribution in [3.05, 3.63) is 29.2 Å². The highest BCUT2D eigenvalue weighted by Crippen LogP contribution is 2.39. The van der Waals surface area contributed by atoms with E-state index in [1.165, 1.54) is 12.8 Å². The van der Waals surface area contributed by atoms with Crippen LogP contribution in [0.25, 0.3) is 0 Å². The van der Waals surface area contributed by atoms with Gasteiger partial charge in [-0.3, -0.25) is 9.89 Å². The predicted octanol–water partition coefficient (Wildman–Crippen LogP) is 1.96. The fourth-order valence-electron chi connectivity index (χ4n) is 2.93. The minimum Gasteiger partial charge on any atom is -0.340 e. The zero-order valence-electron chi connectivity index (χ0n) is 11.9. The Balaban J connectivity index is 1.56. The molecule has 21 heavy (non-hydrogen) atoms. The summed E-state index contributed by atoms with van der Waals surface area (Å²) in [4.78, 5) is 18.7. The van der Waals surface area contributed by atoms with E-state index in [0.717, 1.165) is 18.5 Å². The quantitative estimate of drug-likeness (QED) is 0.932. The van der Waals surface area contributed by atoms with Crippen LogP contribution in [0.2, 0.25) is 0 Å². The molecule has 7 nitrogen and oxygen atoms in total. The van der Waals surface area contributed by atoms with E-state index < -0.39 is 0 Å². The van der Waals surface area contributed by atoms with Gasteiger partial charge >= 0.3 is 0 Å². The molecular weight excluding hydrogens is 270 g/mol. The molecule has 1 aliphatic heterocycles. The summed E-state index contributed by atoms with van der Waals surface area (Å²) in [6.45, 7) is 2.47. The third kappa shape index (κ3) is 2.22. The molecule has 2 aromatic heterocycles. The smallest absolute Gasteiger partial charge is 0.274 e. The second-order valence-electron chi connectivity index (χ2n) is 5.81. The van der Waals surface area contributed by atoms with Gasteiger partial charge in [0.25, 0.3) is 5.91 Å². The number of carbonyl (C=O) groups is 1. The van der Waals surface area contributed by atoms with Gasteiger partial charge in [0.2, 0.25) is 5.89 Å². The Bertz CT molecular complexity index is 672. The molecule has 0 aromatic carbocycles. The molecule has 1 saturated carbocycles. The predicted molar refractivity (Wildman–Crippen MR) is 72.6 cm³/mol. The number of aryl methyl sites for hydroxylation is 1. The van der Waals surface area contributed by atoms with Crippen molar-refractivity contribution in [1.29, 1.82) is 0 Å². The van der Waals surface area contributed by atoms with Crippen molar-refractivity contribution in [3.8, 4) is 0 Å². The maximum absolute atomic E-state index is 12.7. The molecule has 4 rings (SSSR count). The van der Waals surface area contributed by atoms with Crippen molar-refractivity contribution >= 4 is 5.91 Å². The lowest BCUT2D eigenvalue weighted by molar-refractivity contribution is 0.0722. The van der Waals surface area contributed by atoms with Gasteiger partial charge in [-0.15, -0.1) is 0 Å². The number of nitrogens with one attached hydrogen (secondary N) is 1. The van der Waals surface area contributed by atoms with E-state index in [0.29, 0.717) is 29.9 Å². The van der Waals surface area contributed by atoms with E-state index in [9.17, 15) is 4.79 Å². The van der Waals surface area contributed by atoms with E-state index in [4.69, 9.17) is 4.52 Å². The van der Waals surface area contributed by atoms with Gasteiger partial charge < -0.3 is 9.42 Å². The average Bonchev–Trinajstić information content (AvgIpc) is 2.94. The van der Waals surface area contributed by atoms with Crippen LogP contribution >= 0.6 is 0 Å². The van der Waals surface area contributed by atoms with Crippen LogP contribution in [0.1, 0.15) is 65.5 Å². The summed E-state index contributed by atoms with van der Waals surface area (Å²) in [5.41, 5.74) is 1.56. The molecule has 1 aliphatic carbocycles. The Hall–Kier alpha value is -2.18. The summed E-state index contributed by atoms with van der Waals surface area (Å²) in [6, 6.07) is 1.78. The van der Waals surface area contributed by atoms with Crippen molar-refractivity contribution in [3.63, 3.8) is 0 Å². The highest BCUT2D eigenvalue weighted by molar-refractivity contribution is 5.92. The second kappa shape index (κ2) is 4.68. The number of hydrogen-bond donors (Lipinski definition) is 1. The van der Waals surface area contributed by atoms with Crippen molar-refractivity contribution in [2.45, 2.75) is 44.6 Å². The maximum atomic E-state index is 12.7. The first kappa shape index (κ1) is 12.6. The SMILES string of the molecule is Cc1nc(C2CCCN2C(=O)c2cc(C3CC3)[nH]n2)no1. The van der Waals surface area contributed by atoms with Crippen LogP contribution < -0.4 is 0 Å². The van der Waals surface area contributed by atoms with Crippen LogP contribution in [-0.2, 0) is 0 Å². The summed E-state index contributed by atoms with van der Waals surface area (Å²) in [5.74, 6) is 1.63. The van der Waals surface area contributed by atoms with Crippen LogP contribution in [0.15, 0.2) is 10.6 Å². The molecule has 3 heterocycles. The van der Waals surface area contributed by atoms with Crippen molar-refractivity contribution in [2.24, 2.45) is 0 Å². The lowest BCUT2D eigenvalue weighted by Gasteiger charge is -2.20. The van der Waals surface area contributed by atoms with E-state index in [1.54, 1.807) is 11.8 Å². The number of H-pyrrole nitrogens is 1. The fourth-order valence-corrected chi connectivity index (χ4v) is 2.93. The molecule has 110 valence electrons. The Kier molecular flexibility index (Phi) is 2.80. The molecule has 1 N–H and O–H groups in total. The zero-order valence-corrected chi connectivity index (χ0v) is 11.9. The number of aromatic amines is 1. The third-order valence-corrected chi connectivity index (χ3v) is 4.19. The molecular formula is C14H17N5O2. The molecule has 0 radical (unpaired) electrons. The number of carbonyl (C=O) groups excluding carboxylic acids is 1. The normalized spacial score (nSPS) is 22.0. The number of amides is 1. The van der Waals surface area contributed by atoms with E-state index in [1.807, 2.05) is 6.07 Å². The molecule has 1 unspecified atom stereocenters. The molecule has 0 bridgehead atoms. The molecule has 1 amide bonds. The third-order valence-electron chi connectivity index (χ3n) is 4.19. The molecule has 1 saturated heterocycles. The Morgan fingerprint density at radius 1 is 1.43 bits per heavy atom. The number of likely N-dealkylation sites (tertiary alicyclic amines) is 1. The second-order valence-corrected chi connectivity index (χ2v) is 5.81. The lowest BCUT2D eigenvalue weighted by Crippen LogP contribution is -2.31. The van der Waals surface area contributed by atoms with Crippen molar-refractivity contribution < 1.29 is 9.32 Å². The first-order chi connectivity index (χ1) is 10.2. The van der Waals surface area contributed by atoms with Crippen molar-refractivity contribution in [2.75, 3.05) is 6.54 Å². The van der Waals surface area contributed by atoms with E-state index in [-0.39, 0.29) is 11.9 Å². The van der Waals surface area contributed by atoms with Gasteiger partial charge in [0.05, 0.1) is 6.04 Å². The molecule has 2 aromatic rings. The molecule has 0 spiro atoms. The van der Waals surface area contributed by atoms with Gasteiger partial charge in [-0.25, -0.2) is 0 Å². The van der Waals surface area contributed by atoms with Crippen LogP contribution in [-0.4, -0.2) is 37.7 Å². The number of aromatic nitrogens is 4. The highest BCUT2D eigenvalue weighted by atomic mass is 16.5.